The average molecular weight is 179 g/mol. The van der Waals surface area contributed by atoms with Crippen molar-refractivity contribution in [2.24, 2.45) is 0 Å². The van der Waals surface area contributed by atoms with Gasteiger partial charge in [0.05, 0.1) is 13.0 Å². The number of aromatic nitrogens is 1. The lowest BCUT2D eigenvalue weighted by molar-refractivity contribution is -0.142. The third-order valence-electron chi connectivity index (χ3n) is 2.08. The van der Waals surface area contributed by atoms with Crippen LogP contribution in [0.1, 0.15) is 24.0 Å². The number of hydrogen-bond donors (Lipinski definition) is 0. The number of carbonyl (C=O) groups is 1. The fourth-order valence-corrected chi connectivity index (χ4v) is 1.27. The van der Waals surface area contributed by atoms with E-state index in [9.17, 15) is 4.79 Å². The molecule has 1 atom stereocenters. The van der Waals surface area contributed by atoms with E-state index in [4.69, 9.17) is 0 Å². The summed E-state index contributed by atoms with van der Waals surface area (Å²) in [4.78, 5) is 15.2. The molecule has 1 aromatic rings. The van der Waals surface area contributed by atoms with Crippen LogP contribution in [0.5, 0.6) is 0 Å². The van der Waals surface area contributed by atoms with Gasteiger partial charge in [0.2, 0.25) is 0 Å². The van der Waals surface area contributed by atoms with Crippen LogP contribution in [0.25, 0.3) is 0 Å². The minimum atomic E-state index is -0.215. The third kappa shape index (κ3) is 2.05. The van der Waals surface area contributed by atoms with Crippen molar-refractivity contribution in [2.45, 2.75) is 19.8 Å². The fraction of sp³-hybridized carbons (Fsp3) is 0.400. The van der Waals surface area contributed by atoms with E-state index < -0.39 is 0 Å². The van der Waals surface area contributed by atoms with Crippen LogP contribution in [-0.4, -0.2) is 18.1 Å². The van der Waals surface area contributed by atoms with Crippen molar-refractivity contribution < 1.29 is 9.53 Å². The molecule has 0 spiro atoms. The van der Waals surface area contributed by atoms with Gasteiger partial charge in [-0.1, -0.05) is 0 Å². The quantitative estimate of drug-likeness (QED) is 0.648. The SMILES string of the molecule is COC(=O)C(C)c1ccncc1C. The molecule has 70 valence electrons. The molecule has 1 heterocycles. The van der Waals surface area contributed by atoms with E-state index in [-0.39, 0.29) is 11.9 Å². The molecule has 3 heteroatoms. The molecule has 0 aliphatic heterocycles. The van der Waals surface area contributed by atoms with Crippen LogP contribution in [0.3, 0.4) is 0 Å². The van der Waals surface area contributed by atoms with Crippen molar-refractivity contribution in [2.75, 3.05) is 7.11 Å². The summed E-state index contributed by atoms with van der Waals surface area (Å²) >= 11 is 0. The molecule has 1 aromatic heterocycles. The Kier molecular flexibility index (Phi) is 3.01. The zero-order valence-electron chi connectivity index (χ0n) is 8.07. The van der Waals surface area contributed by atoms with Gasteiger partial charge in [0.1, 0.15) is 0 Å². The van der Waals surface area contributed by atoms with Crippen LogP contribution in [0, 0.1) is 6.92 Å². The molecule has 0 N–H and O–H groups in total. The topological polar surface area (TPSA) is 39.2 Å². The standard InChI is InChI=1S/C10H13NO2/c1-7-6-11-5-4-9(7)8(2)10(12)13-3/h4-6,8H,1-3H3. The van der Waals surface area contributed by atoms with Crippen molar-refractivity contribution in [3.05, 3.63) is 29.6 Å². The van der Waals surface area contributed by atoms with Gasteiger partial charge in [-0.3, -0.25) is 9.78 Å². The van der Waals surface area contributed by atoms with E-state index >= 15 is 0 Å². The summed E-state index contributed by atoms with van der Waals surface area (Å²) in [7, 11) is 1.40. The summed E-state index contributed by atoms with van der Waals surface area (Å²) in [6.07, 6.45) is 3.43. The zero-order chi connectivity index (χ0) is 9.84. The fourth-order valence-electron chi connectivity index (χ4n) is 1.27. The molecule has 0 aromatic carbocycles. The van der Waals surface area contributed by atoms with Gasteiger partial charge < -0.3 is 4.74 Å². The first-order valence-corrected chi connectivity index (χ1v) is 4.15. The van der Waals surface area contributed by atoms with Gasteiger partial charge in [-0.05, 0) is 31.0 Å². The summed E-state index contributed by atoms with van der Waals surface area (Å²) in [5.41, 5.74) is 1.99. The molecular formula is C10H13NO2. The first-order chi connectivity index (χ1) is 6.16. The number of carbonyl (C=O) groups excluding carboxylic acids is 1. The van der Waals surface area contributed by atoms with Gasteiger partial charge in [0.25, 0.3) is 0 Å². The van der Waals surface area contributed by atoms with Crippen LogP contribution in [-0.2, 0) is 9.53 Å². The molecule has 0 saturated heterocycles. The van der Waals surface area contributed by atoms with Crippen LogP contribution < -0.4 is 0 Å². The molecule has 1 rings (SSSR count). The number of rotatable bonds is 2. The lowest BCUT2D eigenvalue weighted by atomic mass is 9.99. The molecule has 0 aliphatic carbocycles. The highest BCUT2D eigenvalue weighted by molar-refractivity contribution is 5.77. The largest absolute Gasteiger partial charge is 0.469 e. The molecule has 13 heavy (non-hydrogen) atoms. The third-order valence-corrected chi connectivity index (χ3v) is 2.08. The number of pyridine rings is 1. The Morgan fingerprint density at radius 3 is 2.85 bits per heavy atom. The molecule has 1 unspecified atom stereocenters. The van der Waals surface area contributed by atoms with E-state index in [0.717, 1.165) is 11.1 Å². The summed E-state index contributed by atoms with van der Waals surface area (Å²) in [6.45, 7) is 3.76. The van der Waals surface area contributed by atoms with E-state index in [2.05, 4.69) is 9.72 Å². The second kappa shape index (κ2) is 4.03. The van der Waals surface area contributed by atoms with Gasteiger partial charge in [-0.25, -0.2) is 0 Å². The number of methoxy groups -OCH3 is 1. The highest BCUT2D eigenvalue weighted by Crippen LogP contribution is 2.18. The van der Waals surface area contributed by atoms with E-state index in [1.807, 2.05) is 19.9 Å². The van der Waals surface area contributed by atoms with Crippen LogP contribution >= 0.6 is 0 Å². The van der Waals surface area contributed by atoms with Crippen molar-refractivity contribution in [1.82, 2.24) is 4.98 Å². The van der Waals surface area contributed by atoms with E-state index in [0.29, 0.717) is 0 Å². The van der Waals surface area contributed by atoms with E-state index in [1.165, 1.54) is 7.11 Å². The van der Waals surface area contributed by atoms with Crippen molar-refractivity contribution >= 4 is 5.97 Å². The molecule has 0 fully saturated rings. The predicted octanol–water partition coefficient (Wildman–Crippen LogP) is 1.67. The Balaban J connectivity index is 2.95. The highest BCUT2D eigenvalue weighted by Gasteiger charge is 2.16. The second-order valence-electron chi connectivity index (χ2n) is 2.98. The summed E-state index contributed by atoms with van der Waals surface area (Å²) in [6, 6.07) is 1.84. The Morgan fingerprint density at radius 2 is 2.31 bits per heavy atom. The lowest BCUT2D eigenvalue weighted by Crippen LogP contribution is -2.11. The first-order valence-electron chi connectivity index (χ1n) is 4.15. The van der Waals surface area contributed by atoms with Gasteiger partial charge in [0, 0.05) is 12.4 Å². The van der Waals surface area contributed by atoms with Crippen molar-refractivity contribution in [3.8, 4) is 0 Å². The predicted molar refractivity (Wildman–Crippen MR) is 49.4 cm³/mol. The Labute approximate surface area is 77.8 Å². The maximum Gasteiger partial charge on any atom is 0.312 e. The number of ether oxygens (including phenoxy) is 1. The van der Waals surface area contributed by atoms with Crippen LogP contribution in [0.4, 0.5) is 0 Å². The Bertz CT molecular complexity index is 310. The minimum absolute atomic E-state index is 0.214. The Morgan fingerprint density at radius 1 is 1.62 bits per heavy atom. The van der Waals surface area contributed by atoms with Gasteiger partial charge >= 0.3 is 5.97 Å². The minimum Gasteiger partial charge on any atom is -0.469 e. The number of nitrogens with zero attached hydrogens (tertiary/aromatic N) is 1. The van der Waals surface area contributed by atoms with Crippen LogP contribution in [0.15, 0.2) is 18.5 Å². The lowest BCUT2D eigenvalue weighted by Gasteiger charge is -2.11. The maximum absolute atomic E-state index is 11.2. The summed E-state index contributed by atoms with van der Waals surface area (Å²) < 4.78 is 4.66. The summed E-state index contributed by atoms with van der Waals surface area (Å²) in [5, 5.41) is 0. The smallest absolute Gasteiger partial charge is 0.312 e. The van der Waals surface area contributed by atoms with E-state index in [1.54, 1.807) is 12.4 Å². The normalized spacial score (nSPS) is 12.2. The van der Waals surface area contributed by atoms with Crippen molar-refractivity contribution in [3.63, 3.8) is 0 Å². The van der Waals surface area contributed by atoms with Crippen molar-refractivity contribution in [1.29, 1.82) is 0 Å². The Hall–Kier alpha value is -1.38. The number of aryl methyl sites for hydroxylation is 1. The van der Waals surface area contributed by atoms with Gasteiger partial charge in [0.15, 0.2) is 0 Å². The first kappa shape index (κ1) is 9.71. The number of esters is 1. The average Bonchev–Trinajstić information content (AvgIpc) is 2.16. The zero-order valence-corrected chi connectivity index (χ0v) is 8.07. The summed E-state index contributed by atoms with van der Waals surface area (Å²) in [5.74, 6) is -0.428. The molecule has 0 radical (unpaired) electrons. The number of hydrogen-bond acceptors (Lipinski definition) is 3. The maximum atomic E-state index is 11.2. The molecule has 3 nitrogen and oxygen atoms in total. The van der Waals surface area contributed by atoms with Gasteiger partial charge in [-0.2, -0.15) is 0 Å². The molecule has 0 amide bonds. The highest BCUT2D eigenvalue weighted by atomic mass is 16.5. The second-order valence-corrected chi connectivity index (χ2v) is 2.98. The monoisotopic (exact) mass is 179 g/mol. The molecule has 0 bridgehead atoms. The molecule has 0 aliphatic rings. The van der Waals surface area contributed by atoms with Crippen LogP contribution in [0.2, 0.25) is 0 Å². The van der Waals surface area contributed by atoms with Gasteiger partial charge in [-0.15, -0.1) is 0 Å². The molecule has 0 saturated carbocycles. The molecular weight excluding hydrogens is 166 g/mol.